The number of urea groups is 1. The van der Waals surface area contributed by atoms with Gasteiger partial charge in [0.05, 0.1) is 12.5 Å². The summed E-state index contributed by atoms with van der Waals surface area (Å²) in [6.45, 7) is 1.50. The Balaban J connectivity index is 2.64. The summed E-state index contributed by atoms with van der Waals surface area (Å²) in [6, 6.07) is 1.54. The molecule has 0 aliphatic heterocycles. The van der Waals surface area contributed by atoms with E-state index in [1.165, 1.54) is 9.80 Å². The first-order valence-electron chi connectivity index (χ1n) is 5.59. The Morgan fingerprint density at radius 2 is 2.12 bits per heavy atom. The molecule has 94 valence electrons. The van der Waals surface area contributed by atoms with Gasteiger partial charge >= 0.3 is 12.0 Å². The van der Waals surface area contributed by atoms with Crippen molar-refractivity contribution in [3.05, 3.63) is 0 Å². The highest BCUT2D eigenvalue weighted by Crippen LogP contribution is 2.27. The summed E-state index contributed by atoms with van der Waals surface area (Å²) in [7, 11) is 1.60. The second-order valence-corrected chi connectivity index (χ2v) is 4.36. The van der Waals surface area contributed by atoms with E-state index in [1.807, 2.05) is 6.07 Å². The topological polar surface area (TPSA) is 84.6 Å². The van der Waals surface area contributed by atoms with Crippen molar-refractivity contribution in [3.63, 3.8) is 0 Å². The number of hydrogen-bond donors (Lipinski definition) is 1. The van der Waals surface area contributed by atoms with Crippen LogP contribution in [0.3, 0.4) is 0 Å². The first-order valence-corrected chi connectivity index (χ1v) is 5.59. The first kappa shape index (κ1) is 13.3. The van der Waals surface area contributed by atoms with Crippen molar-refractivity contribution in [3.8, 4) is 6.07 Å². The van der Waals surface area contributed by atoms with Gasteiger partial charge in [-0.15, -0.1) is 0 Å². The van der Waals surface area contributed by atoms with Crippen LogP contribution in [0.15, 0.2) is 0 Å². The molecule has 1 rings (SSSR count). The molecule has 0 saturated heterocycles. The van der Waals surface area contributed by atoms with Crippen LogP contribution >= 0.6 is 0 Å². The van der Waals surface area contributed by atoms with E-state index in [0.29, 0.717) is 0 Å². The summed E-state index contributed by atoms with van der Waals surface area (Å²) in [5, 5.41) is 17.3. The molecule has 1 saturated carbocycles. The molecule has 6 nitrogen and oxygen atoms in total. The van der Waals surface area contributed by atoms with E-state index in [9.17, 15) is 9.59 Å². The van der Waals surface area contributed by atoms with Gasteiger partial charge in [0.25, 0.3) is 0 Å². The quantitative estimate of drug-likeness (QED) is 0.772. The molecule has 1 aliphatic carbocycles. The van der Waals surface area contributed by atoms with Crippen LogP contribution in [0, 0.1) is 11.3 Å². The van der Waals surface area contributed by atoms with Crippen molar-refractivity contribution < 1.29 is 14.7 Å². The fraction of sp³-hybridized carbons (Fsp3) is 0.727. The maximum absolute atomic E-state index is 12.1. The molecule has 0 bridgehead atoms. The minimum Gasteiger partial charge on any atom is -0.480 e. The number of carbonyl (C=O) groups excluding carboxylic acids is 1. The Morgan fingerprint density at radius 3 is 2.53 bits per heavy atom. The second kappa shape index (κ2) is 5.53. The normalized spacial score (nSPS) is 15.8. The molecule has 2 amide bonds. The predicted molar refractivity (Wildman–Crippen MR) is 60.2 cm³/mol. The van der Waals surface area contributed by atoms with E-state index in [1.54, 1.807) is 14.0 Å². The van der Waals surface area contributed by atoms with E-state index in [4.69, 9.17) is 10.4 Å². The fourth-order valence-electron chi connectivity index (χ4n) is 1.55. The van der Waals surface area contributed by atoms with E-state index in [2.05, 4.69) is 0 Å². The molecule has 0 spiro atoms. The minimum atomic E-state index is -1.01. The van der Waals surface area contributed by atoms with Gasteiger partial charge in [0.2, 0.25) is 0 Å². The van der Waals surface area contributed by atoms with E-state index in [-0.39, 0.29) is 31.1 Å². The molecule has 1 atom stereocenters. The average molecular weight is 239 g/mol. The SMILES string of the molecule is CC(CC#N)N(C)C(=O)N(CC(=O)O)C1CC1. The molecule has 1 unspecified atom stereocenters. The zero-order chi connectivity index (χ0) is 13.0. The molecule has 1 aliphatic rings. The average Bonchev–Trinajstić information content (AvgIpc) is 3.07. The van der Waals surface area contributed by atoms with Crippen molar-refractivity contribution in [2.24, 2.45) is 0 Å². The van der Waals surface area contributed by atoms with Crippen molar-refractivity contribution >= 4 is 12.0 Å². The van der Waals surface area contributed by atoms with E-state index in [0.717, 1.165) is 12.8 Å². The number of carboxylic acid groups (broad SMARTS) is 1. The van der Waals surface area contributed by atoms with Gasteiger partial charge in [0.1, 0.15) is 6.54 Å². The Bertz CT molecular complexity index is 346. The number of carboxylic acids is 1. The molecule has 17 heavy (non-hydrogen) atoms. The number of rotatable bonds is 5. The molecule has 1 N–H and O–H groups in total. The van der Waals surface area contributed by atoms with Crippen LogP contribution in [0.5, 0.6) is 0 Å². The third kappa shape index (κ3) is 3.63. The van der Waals surface area contributed by atoms with Crippen LogP contribution in [-0.4, -0.2) is 52.6 Å². The molecular formula is C11H17N3O3. The second-order valence-electron chi connectivity index (χ2n) is 4.36. The first-order chi connectivity index (χ1) is 7.97. The molecule has 1 fully saturated rings. The summed E-state index contributed by atoms with van der Waals surface area (Å²) < 4.78 is 0. The predicted octanol–water partition coefficient (Wildman–Crippen LogP) is 0.889. The third-order valence-corrected chi connectivity index (χ3v) is 2.89. The molecule has 6 heteroatoms. The molecule has 0 aromatic heterocycles. The zero-order valence-electron chi connectivity index (χ0n) is 10.1. The number of hydrogen-bond acceptors (Lipinski definition) is 3. The Labute approximate surface area is 100 Å². The number of nitriles is 1. The van der Waals surface area contributed by atoms with Gasteiger partial charge in [-0.3, -0.25) is 4.79 Å². The third-order valence-electron chi connectivity index (χ3n) is 2.89. The molecule has 0 radical (unpaired) electrons. The van der Waals surface area contributed by atoms with Gasteiger partial charge in [0.15, 0.2) is 0 Å². The lowest BCUT2D eigenvalue weighted by Crippen LogP contribution is -2.47. The lowest BCUT2D eigenvalue weighted by Gasteiger charge is -2.30. The lowest BCUT2D eigenvalue weighted by atomic mass is 10.2. The smallest absolute Gasteiger partial charge is 0.323 e. The highest BCUT2D eigenvalue weighted by molar-refractivity contribution is 5.80. The van der Waals surface area contributed by atoms with Crippen molar-refractivity contribution in [1.29, 1.82) is 5.26 Å². The zero-order valence-corrected chi connectivity index (χ0v) is 10.1. The van der Waals surface area contributed by atoms with Crippen LogP contribution in [0.25, 0.3) is 0 Å². The molecule has 0 heterocycles. The van der Waals surface area contributed by atoms with Gasteiger partial charge in [0, 0.05) is 19.1 Å². The highest BCUT2D eigenvalue weighted by Gasteiger charge is 2.36. The molecule has 0 aromatic carbocycles. The monoisotopic (exact) mass is 239 g/mol. The fourth-order valence-corrected chi connectivity index (χ4v) is 1.55. The number of amides is 2. The van der Waals surface area contributed by atoms with Crippen LogP contribution in [0.4, 0.5) is 4.79 Å². The lowest BCUT2D eigenvalue weighted by molar-refractivity contribution is -0.137. The van der Waals surface area contributed by atoms with Gasteiger partial charge in [-0.25, -0.2) is 4.79 Å². The molecule has 0 aromatic rings. The highest BCUT2D eigenvalue weighted by atomic mass is 16.4. The summed E-state index contributed by atoms with van der Waals surface area (Å²) in [5.74, 6) is -1.01. The maximum Gasteiger partial charge on any atom is 0.323 e. The number of carbonyl (C=O) groups is 2. The van der Waals surface area contributed by atoms with Crippen LogP contribution < -0.4 is 0 Å². The summed E-state index contributed by atoms with van der Waals surface area (Å²) >= 11 is 0. The van der Waals surface area contributed by atoms with Gasteiger partial charge in [-0.05, 0) is 19.8 Å². The van der Waals surface area contributed by atoms with Crippen molar-refractivity contribution in [1.82, 2.24) is 9.80 Å². The van der Waals surface area contributed by atoms with Gasteiger partial charge in [-0.2, -0.15) is 5.26 Å². The van der Waals surface area contributed by atoms with Crippen molar-refractivity contribution in [2.45, 2.75) is 38.3 Å². The Morgan fingerprint density at radius 1 is 1.53 bits per heavy atom. The van der Waals surface area contributed by atoms with Crippen LogP contribution in [0.2, 0.25) is 0 Å². The number of nitrogens with zero attached hydrogens (tertiary/aromatic N) is 3. The summed E-state index contributed by atoms with van der Waals surface area (Å²) in [5.41, 5.74) is 0. The molecular weight excluding hydrogens is 222 g/mol. The van der Waals surface area contributed by atoms with E-state index >= 15 is 0 Å². The summed E-state index contributed by atoms with van der Waals surface area (Å²) in [6.07, 6.45) is 1.97. The van der Waals surface area contributed by atoms with E-state index < -0.39 is 5.97 Å². The Kier molecular flexibility index (Phi) is 4.32. The summed E-state index contributed by atoms with van der Waals surface area (Å²) in [4.78, 5) is 25.6. The van der Waals surface area contributed by atoms with Gasteiger partial charge in [-0.1, -0.05) is 0 Å². The van der Waals surface area contributed by atoms with Crippen molar-refractivity contribution in [2.75, 3.05) is 13.6 Å². The maximum atomic E-state index is 12.1. The Hall–Kier alpha value is -1.77. The standard InChI is InChI=1S/C11H17N3O3/c1-8(5-6-12)13(2)11(17)14(7-10(15)16)9-3-4-9/h8-9H,3-5,7H2,1-2H3,(H,15,16). The largest absolute Gasteiger partial charge is 0.480 e. The van der Waals surface area contributed by atoms with Gasteiger partial charge < -0.3 is 14.9 Å². The minimum absolute atomic E-state index is 0.0512. The number of aliphatic carboxylic acids is 1. The van der Waals surface area contributed by atoms with Crippen LogP contribution in [-0.2, 0) is 4.79 Å². The van der Waals surface area contributed by atoms with Crippen LogP contribution in [0.1, 0.15) is 26.2 Å².